The third-order valence-corrected chi connectivity index (χ3v) is 13.3. The molecule has 1 saturated heterocycles. The van der Waals surface area contributed by atoms with Crippen molar-refractivity contribution >= 4 is 35.8 Å². The summed E-state index contributed by atoms with van der Waals surface area (Å²) in [6.07, 6.45) is -11.9. The van der Waals surface area contributed by atoms with Crippen LogP contribution in [0.2, 0.25) is 0 Å². The average Bonchev–Trinajstić information content (AvgIpc) is 3.20. The van der Waals surface area contributed by atoms with Gasteiger partial charge in [-0.2, -0.15) is 0 Å². The van der Waals surface area contributed by atoms with Crippen LogP contribution in [-0.4, -0.2) is 113 Å². The van der Waals surface area contributed by atoms with Gasteiger partial charge < -0.3 is 49.1 Å². The lowest BCUT2D eigenvalue weighted by Gasteiger charge is -2.67. The zero-order chi connectivity index (χ0) is 45.7. The molecule has 2 aromatic rings. The van der Waals surface area contributed by atoms with E-state index in [1.165, 1.54) is 26.0 Å². The fraction of sp³-hybridized carbons (Fsp3) is 0.565. The minimum Gasteiger partial charge on any atom is -0.456 e. The van der Waals surface area contributed by atoms with Crippen molar-refractivity contribution in [3.05, 3.63) is 82.9 Å². The molecule has 4 aliphatic rings. The Labute approximate surface area is 360 Å². The number of nitrogens with one attached hydrogen (secondary N) is 1. The van der Waals surface area contributed by atoms with E-state index in [9.17, 15) is 39.3 Å². The normalized spacial score (nSPS) is 32.2. The minimum atomic E-state index is -2.42. The second kappa shape index (κ2) is 16.8. The van der Waals surface area contributed by atoms with E-state index in [1.54, 1.807) is 62.4 Å². The SMILES string of the molecule is COC(=O)O[C@@]12CO[C@@H]1C[C@H](O)[C@@]1(C)C(=O)[C@H](OC(C)=O)C3=C(C)[C@@H](OC(=O)[C@H](O)[C@@H](NC(=O)CC(C)(C)C)c4ccccc4)C[C@@](O)([C@@H](OC(=O)c4ccccc4)[C@H]21)C3(C)C. The predicted molar refractivity (Wildman–Crippen MR) is 218 cm³/mol. The summed E-state index contributed by atoms with van der Waals surface area (Å²) in [5.74, 6) is -6.03. The number of methoxy groups -OCH3 is 1. The predicted octanol–water partition coefficient (Wildman–Crippen LogP) is 4.08. The van der Waals surface area contributed by atoms with Crippen LogP contribution < -0.4 is 5.32 Å². The Bertz CT molecular complexity index is 2110. The highest BCUT2D eigenvalue weighted by molar-refractivity contribution is 5.95. The molecule has 0 unspecified atom stereocenters. The molecule has 1 heterocycles. The standard InChI is InChI=1S/C46H57NO15/c1-24-28(60-40(54)34(51)33(26-16-12-10-13-17-26)47-31(50)22-42(3,4)5)21-46(56)38(61-39(53)27-18-14-11-15-19-27)36-44(8,37(52)35(59-25(2)48)32(24)43(46,6)7)29(49)20-30-45(36,23-58-30)62-41(55)57-9/h10-19,28-30,33-36,38,49,51,56H,20-23H2,1-9H3,(H,47,50)/t28-,29-,30+,33-,34+,35+,36-,38-,44+,45-,46+/m0/s1. The molecule has 1 aliphatic heterocycles. The van der Waals surface area contributed by atoms with Crippen molar-refractivity contribution in [1.29, 1.82) is 0 Å². The van der Waals surface area contributed by atoms with Gasteiger partial charge in [0.25, 0.3) is 0 Å². The lowest BCUT2D eigenvalue weighted by Crippen LogP contribution is -2.82. The monoisotopic (exact) mass is 863 g/mol. The van der Waals surface area contributed by atoms with Crippen LogP contribution in [0, 0.1) is 22.2 Å². The number of fused-ring (bicyclic) bond motifs is 5. The molecule has 1 amide bonds. The number of aliphatic hydroxyl groups is 3. The van der Waals surface area contributed by atoms with Gasteiger partial charge in [-0.1, -0.05) is 83.1 Å². The van der Waals surface area contributed by atoms with E-state index in [1.807, 2.05) is 20.8 Å². The number of aliphatic hydroxyl groups excluding tert-OH is 2. The van der Waals surface area contributed by atoms with Crippen molar-refractivity contribution in [3.8, 4) is 0 Å². The van der Waals surface area contributed by atoms with Gasteiger partial charge in [-0.05, 0) is 48.1 Å². The molecule has 0 spiro atoms. The maximum atomic E-state index is 15.5. The minimum absolute atomic E-state index is 0.0145. The van der Waals surface area contributed by atoms with E-state index < -0.39 is 118 Å². The number of rotatable bonds is 10. The first-order chi connectivity index (χ1) is 28.9. The summed E-state index contributed by atoms with van der Waals surface area (Å²) in [5.41, 5.74) is -7.94. The maximum absolute atomic E-state index is 15.5. The number of carbonyl (C=O) groups excluding carboxylic acids is 6. The van der Waals surface area contributed by atoms with Crippen LogP contribution in [-0.2, 0) is 47.6 Å². The quantitative estimate of drug-likeness (QED) is 0.150. The lowest BCUT2D eigenvalue weighted by atomic mass is 9.44. The van der Waals surface area contributed by atoms with Crippen LogP contribution >= 0.6 is 0 Å². The number of amides is 1. The Hall–Kier alpha value is -5.16. The molecule has 11 atom stereocenters. The Balaban J connectivity index is 1.54. The number of esters is 3. The molecule has 2 aromatic carbocycles. The zero-order valence-corrected chi connectivity index (χ0v) is 36.5. The van der Waals surface area contributed by atoms with Gasteiger partial charge in [0.15, 0.2) is 23.6 Å². The van der Waals surface area contributed by atoms with E-state index in [2.05, 4.69) is 5.32 Å². The fourth-order valence-electron chi connectivity index (χ4n) is 10.0. The van der Waals surface area contributed by atoms with Gasteiger partial charge in [0, 0.05) is 31.6 Å². The first kappa shape index (κ1) is 46.3. The van der Waals surface area contributed by atoms with E-state index >= 15 is 4.79 Å². The highest BCUT2D eigenvalue weighted by atomic mass is 16.8. The number of benzene rings is 2. The Morgan fingerprint density at radius 3 is 2.11 bits per heavy atom. The van der Waals surface area contributed by atoms with Crippen molar-refractivity contribution in [2.75, 3.05) is 13.7 Å². The molecule has 4 N–H and O–H groups in total. The lowest BCUT2D eigenvalue weighted by molar-refractivity contribution is -0.344. The highest BCUT2D eigenvalue weighted by Crippen LogP contribution is 2.64. The number of hydrogen-bond donors (Lipinski definition) is 4. The van der Waals surface area contributed by atoms with Crippen LogP contribution in [0.4, 0.5) is 4.79 Å². The summed E-state index contributed by atoms with van der Waals surface area (Å²) in [7, 11) is 1.07. The maximum Gasteiger partial charge on any atom is 0.508 e. The Morgan fingerprint density at radius 1 is 0.952 bits per heavy atom. The molecule has 0 aromatic heterocycles. The summed E-state index contributed by atoms with van der Waals surface area (Å²) in [5, 5.41) is 40.3. The third kappa shape index (κ3) is 8.01. The molecule has 16 nitrogen and oxygen atoms in total. The van der Waals surface area contributed by atoms with Gasteiger partial charge in [-0.25, -0.2) is 14.4 Å². The molecule has 0 radical (unpaired) electrons. The number of ketones is 1. The van der Waals surface area contributed by atoms with Gasteiger partial charge in [0.05, 0.1) is 42.8 Å². The second-order valence-corrected chi connectivity index (χ2v) is 18.8. The van der Waals surface area contributed by atoms with Crippen LogP contribution in [0.1, 0.15) is 96.6 Å². The molecule has 6 rings (SSSR count). The van der Waals surface area contributed by atoms with Crippen LogP contribution in [0.15, 0.2) is 71.8 Å². The molecule has 16 heteroatoms. The molecule has 336 valence electrons. The molecular weight excluding hydrogens is 806 g/mol. The molecule has 2 bridgehead atoms. The molecule has 3 fully saturated rings. The number of hydrogen-bond acceptors (Lipinski definition) is 15. The molecule has 3 aliphatic carbocycles. The van der Waals surface area contributed by atoms with Gasteiger partial charge in [0.2, 0.25) is 5.91 Å². The average molecular weight is 864 g/mol. The van der Waals surface area contributed by atoms with Gasteiger partial charge >= 0.3 is 24.1 Å². The van der Waals surface area contributed by atoms with Crippen molar-refractivity contribution in [2.45, 2.75) is 129 Å². The summed E-state index contributed by atoms with van der Waals surface area (Å²) in [6.45, 7) is 12.3. The number of carbonyl (C=O) groups is 6. The first-order valence-corrected chi connectivity index (χ1v) is 20.6. The first-order valence-electron chi connectivity index (χ1n) is 20.6. The van der Waals surface area contributed by atoms with E-state index in [0.29, 0.717) is 5.56 Å². The van der Waals surface area contributed by atoms with E-state index in [0.717, 1.165) is 14.0 Å². The molecule has 2 saturated carbocycles. The zero-order valence-electron chi connectivity index (χ0n) is 36.5. The summed E-state index contributed by atoms with van der Waals surface area (Å²) >= 11 is 0. The Morgan fingerprint density at radius 2 is 1.56 bits per heavy atom. The third-order valence-electron chi connectivity index (χ3n) is 13.3. The van der Waals surface area contributed by atoms with Crippen molar-refractivity contribution in [1.82, 2.24) is 5.32 Å². The number of Topliss-reactive ketones (excluding diaryl/α,β-unsaturated/α-hetero) is 1. The van der Waals surface area contributed by atoms with E-state index in [4.69, 9.17) is 28.4 Å². The van der Waals surface area contributed by atoms with Gasteiger partial charge in [0.1, 0.15) is 23.9 Å². The van der Waals surface area contributed by atoms with Crippen LogP contribution in [0.5, 0.6) is 0 Å². The second-order valence-electron chi connectivity index (χ2n) is 18.8. The Kier molecular flexibility index (Phi) is 12.6. The van der Waals surface area contributed by atoms with Gasteiger partial charge in [-0.15, -0.1) is 0 Å². The van der Waals surface area contributed by atoms with Crippen LogP contribution in [0.3, 0.4) is 0 Å². The van der Waals surface area contributed by atoms with Crippen molar-refractivity contribution in [3.63, 3.8) is 0 Å². The van der Waals surface area contributed by atoms with Crippen molar-refractivity contribution < 1.29 is 72.5 Å². The largest absolute Gasteiger partial charge is 0.508 e. The van der Waals surface area contributed by atoms with Gasteiger partial charge in [-0.3, -0.25) is 14.4 Å². The summed E-state index contributed by atoms with van der Waals surface area (Å²) < 4.78 is 35.1. The highest BCUT2D eigenvalue weighted by Gasteiger charge is 2.78. The molecular formula is C46H57NO15. The molecule has 62 heavy (non-hydrogen) atoms. The van der Waals surface area contributed by atoms with Crippen LogP contribution in [0.25, 0.3) is 0 Å². The fourth-order valence-corrected chi connectivity index (χ4v) is 10.0. The topological polar surface area (TPSA) is 231 Å². The number of ether oxygens (including phenoxy) is 6. The smallest absolute Gasteiger partial charge is 0.456 e. The summed E-state index contributed by atoms with van der Waals surface area (Å²) in [4.78, 5) is 83.4. The summed E-state index contributed by atoms with van der Waals surface area (Å²) in [6, 6.07) is 14.8. The van der Waals surface area contributed by atoms with Crippen molar-refractivity contribution in [2.24, 2.45) is 22.2 Å². The van der Waals surface area contributed by atoms with E-state index in [-0.39, 0.29) is 36.2 Å².